The quantitative estimate of drug-likeness (QED) is 0.873. The van der Waals surface area contributed by atoms with Crippen molar-refractivity contribution in [2.24, 2.45) is 0 Å². The van der Waals surface area contributed by atoms with E-state index in [0.717, 1.165) is 0 Å². The summed E-state index contributed by atoms with van der Waals surface area (Å²) in [6, 6.07) is 3.34. The number of anilines is 1. The SMILES string of the molecule is CCNc1ccc(Cl)c(C(=O)NCc2nc(C)no2)n1. The lowest BCUT2D eigenvalue weighted by atomic mass is 10.3. The summed E-state index contributed by atoms with van der Waals surface area (Å²) in [6.07, 6.45) is 0. The summed E-state index contributed by atoms with van der Waals surface area (Å²) in [4.78, 5) is 20.2. The van der Waals surface area contributed by atoms with Crippen molar-refractivity contribution < 1.29 is 9.32 Å². The van der Waals surface area contributed by atoms with Gasteiger partial charge in [-0.25, -0.2) is 4.98 Å². The Kier molecular flexibility index (Phi) is 4.52. The predicted octanol–water partition coefficient (Wildman–Crippen LogP) is 1.79. The molecule has 0 spiro atoms. The Hall–Kier alpha value is -2.15. The monoisotopic (exact) mass is 295 g/mol. The number of carbonyl (C=O) groups excluding carboxylic acids is 1. The fourth-order valence-corrected chi connectivity index (χ4v) is 1.72. The zero-order valence-corrected chi connectivity index (χ0v) is 11.9. The van der Waals surface area contributed by atoms with Crippen LogP contribution in [-0.2, 0) is 6.54 Å². The van der Waals surface area contributed by atoms with E-state index in [1.165, 1.54) is 0 Å². The van der Waals surface area contributed by atoms with E-state index < -0.39 is 5.91 Å². The van der Waals surface area contributed by atoms with Crippen LogP contribution in [0.5, 0.6) is 0 Å². The van der Waals surface area contributed by atoms with Gasteiger partial charge < -0.3 is 15.2 Å². The molecule has 0 radical (unpaired) electrons. The van der Waals surface area contributed by atoms with Gasteiger partial charge in [-0.05, 0) is 26.0 Å². The Bertz CT molecular complexity index is 614. The van der Waals surface area contributed by atoms with Crippen molar-refractivity contribution in [3.63, 3.8) is 0 Å². The van der Waals surface area contributed by atoms with Gasteiger partial charge in [0.05, 0.1) is 11.6 Å². The highest BCUT2D eigenvalue weighted by Crippen LogP contribution is 2.16. The largest absolute Gasteiger partial charge is 0.370 e. The van der Waals surface area contributed by atoms with Gasteiger partial charge in [0.1, 0.15) is 11.5 Å². The number of halogens is 1. The third-order valence-electron chi connectivity index (χ3n) is 2.39. The maximum atomic E-state index is 12.0. The van der Waals surface area contributed by atoms with E-state index in [1.54, 1.807) is 19.1 Å². The molecule has 0 aromatic carbocycles. The molecular formula is C12H14ClN5O2. The number of rotatable bonds is 5. The number of aryl methyl sites for hydroxylation is 1. The minimum atomic E-state index is -0.398. The van der Waals surface area contributed by atoms with Gasteiger partial charge in [-0.3, -0.25) is 4.79 Å². The molecule has 2 heterocycles. The number of hydrogen-bond donors (Lipinski definition) is 2. The van der Waals surface area contributed by atoms with E-state index in [2.05, 4.69) is 25.8 Å². The van der Waals surface area contributed by atoms with E-state index >= 15 is 0 Å². The number of carbonyl (C=O) groups is 1. The highest BCUT2D eigenvalue weighted by atomic mass is 35.5. The first-order chi connectivity index (χ1) is 9.60. The summed E-state index contributed by atoms with van der Waals surface area (Å²) >= 11 is 5.97. The highest BCUT2D eigenvalue weighted by molar-refractivity contribution is 6.33. The van der Waals surface area contributed by atoms with Crippen LogP contribution in [0.25, 0.3) is 0 Å². The van der Waals surface area contributed by atoms with Gasteiger partial charge >= 0.3 is 0 Å². The van der Waals surface area contributed by atoms with E-state index in [1.807, 2.05) is 6.92 Å². The summed E-state index contributed by atoms with van der Waals surface area (Å²) in [5.41, 5.74) is 0.154. The first-order valence-corrected chi connectivity index (χ1v) is 6.45. The van der Waals surface area contributed by atoms with Crippen LogP contribution in [0.3, 0.4) is 0 Å². The van der Waals surface area contributed by atoms with E-state index in [-0.39, 0.29) is 17.3 Å². The lowest BCUT2D eigenvalue weighted by Gasteiger charge is -2.07. The summed E-state index contributed by atoms with van der Waals surface area (Å²) in [5.74, 6) is 1.04. The second-order valence-corrected chi connectivity index (χ2v) is 4.38. The van der Waals surface area contributed by atoms with Gasteiger partial charge in [-0.2, -0.15) is 4.98 Å². The van der Waals surface area contributed by atoms with Gasteiger partial charge in [0, 0.05) is 6.54 Å². The molecule has 2 aromatic heterocycles. The average Bonchev–Trinajstić information content (AvgIpc) is 2.84. The van der Waals surface area contributed by atoms with Gasteiger partial charge in [0.25, 0.3) is 5.91 Å². The number of nitrogens with zero attached hydrogens (tertiary/aromatic N) is 3. The molecule has 106 valence electrons. The zero-order valence-electron chi connectivity index (χ0n) is 11.1. The molecule has 1 amide bonds. The third-order valence-corrected chi connectivity index (χ3v) is 2.69. The van der Waals surface area contributed by atoms with Crippen LogP contribution < -0.4 is 10.6 Å². The smallest absolute Gasteiger partial charge is 0.271 e. The van der Waals surface area contributed by atoms with Gasteiger partial charge in [0.15, 0.2) is 5.82 Å². The summed E-state index contributed by atoms with van der Waals surface area (Å²) in [6.45, 7) is 4.47. The van der Waals surface area contributed by atoms with E-state index in [4.69, 9.17) is 16.1 Å². The van der Waals surface area contributed by atoms with Crippen LogP contribution in [0, 0.1) is 6.92 Å². The lowest BCUT2D eigenvalue weighted by molar-refractivity contribution is 0.0941. The molecule has 2 rings (SSSR count). The molecule has 20 heavy (non-hydrogen) atoms. The molecule has 7 nitrogen and oxygen atoms in total. The Morgan fingerprint density at radius 2 is 2.20 bits per heavy atom. The standard InChI is InChI=1S/C12H14ClN5O2/c1-3-14-9-5-4-8(13)11(17-9)12(19)15-6-10-16-7(2)18-20-10/h4-5H,3,6H2,1-2H3,(H,14,17)(H,15,19). The van der Waals surface area contributed by atoms with Crippen molar-refractivity contribution in [2.75, 3.05) is 11.9 Å². The lowest BCUT2D eigenvalue weighted by Crippen LogP contribution is -2.24. The van der Waals surface area contributed by atoms with Gasteiger partial charge in [-0.1, -0.05) is 16.8 Å². The van der Waals surface area contributed by atoms with Crippen molar-refractivity contribution >= 4 is 23.3 Å². The van der Waals surface area contributed by atoms with Crippen LogP contribution in [0.4, 0.5) is 5.82 Å². The van der Waals surface area contributed by atoms with Crippen molar-refractivity contribution in [1.29, 1.82) is 0 Å². The molecule has 0 aliphatic rings. The molecule has 2 aromatic rings. The molecule has 0 bridgehead atoms. The van der Waals surface area contributed by atoms with Crippen molar-refractivity contribution in [2.45, 2.75) is 20.4 Å². The average molecular weight is 296 g/mol. The van der Waals surface area contributed by atoms with Crippen molar-refractivity contribution in [3.05, 3.63) is 34.6 Å². The Balaban J connectivity index is 2.06. The summed E-state index contributed by atoms with van der Waals surface area (Å²) < 4.78 is 4.90. The molecule has 0 aliphatic heterocycles. The van der Waals surface area contributed by atoms with Crippen molar-refractivity contribution in [1.82, 2.24) is 20.4 Å². The third kappa shape index (κ3) is 3.45. The second-order valence-electron chi connectivity index (χ2n) is 3.98. The number of pyridine rings is 1. The zero-order chi connectivity index (χ0) is 14.5. The van der Waals surface area contributed by atoms with Crippen LogP contribution in [0.2, 0.25) is 5.02 Å². The second kappa shape index (κ2) is 6.33. The molecule has 0 aliphatic carbocycles. The van der Waals surface area contributed by atoms with E-state index in [0.29, 0.717) is 24.1 Å². The fourth-order valence-electron chi connectivity index (χ4n) is 1.53. The maximum absolute atomic E-state index is 12.0. The molecule has 0 unspecified atom stereocenters. The maximum Gasteiger partial charge on any atom is 0.271 e. The first kappa shape index (κ1) is 14.3. The summed E-state index contributed by atoms with van der Waals surface area (Å²) in [7, 11) is 0. The molecule has 0 atom stereocenters. The normalized spacial score (nSPS) is 10.3. The molecule has 0 saturated heterocycles. The topological polar surface area (TPSA) is 92.9 Å². The Labute approximate surface area is 120 Å². The van der Waals surface area contributed by atoms with Crippen LogP contribution in [0.15, 0.2) is 16.7 Å². The van der Waals surface area contributed by atoms with E-state index in [9.17, 15) is 4.79 Å². The number of amides is 1. The minimum absolute atomic E-state index is 0.128. The molecule has 0 saturated carbocycles. The summed E-state index contributed by atoms with van der Waals surface area (Å²) in [5, 5.41) is 9.56. The molecular weight excluding hydrogens is 282 g/mol. The van der Waals surface area contributed by atoms with Crippen LogP contribution >= 0.6 is 11.6 Å². The predicted molar refractivity (Wildman–Crippen MR) is 73.6 cm³/mol. The number of nitrogens with one attached hydrogen (secondary N) is 2. The van der Waals surface area contributed by atoms with Gasteiger partial charge in [0.2, 0.25) is 5.89 Å². The van der Waals surface area contributed by atoms with Crippen LogP contribution in [0.1, 0.15) is 29.1 Å². The molecule has 0 fully saturated rings. The van der Waals surface area contributed by atoms with Crippen LogP contribution in [-0.4, -0.2) is 27.6 Å². The molecule has 8 heteroatoms. The highest BCUT2D eigenvalue weighted by Gasteiger charge is 2.14. The number of aromatic nitrogens is 3. The van der Waals surface area contributed by atoms with Gasteiger partial charge in [-0.15, -0.1) is 0 Å². The fraction of sp³-hybridized carbons (Fsp3) is 0.333. The van der Waals surface area contributed by atoms with Crippen molar-refractivity contribution in [3.8, 4) is 0 Å². The minimum Gasteiger partial charge on any atom is -0.370 e. The number of hydrogen-bond acceptors (Lipinski definition) is 6. The Morgan fingerprint density at radius 1 is 1.40 bits per heavy atom. The Morgan fingerprint density at radius 3 is 2.85 bits per heavy atom. The molecule has 2 N–H and O–H groups in total. The first-order valence-electron chi connectivity index (χ1n) is 6.08.